The van der Waals surface area contributed by atoms with E-state index >= 15 is 0 Å². The van der Waals surface area contributed by atoms with Gasteiger partial charge < -0.3 is 0 Å². The second-order valence-corrected chi connectivity index (χ2v) is 9.10. The van der Waals surface area contributed by atoms with Crippen LogP contribution in [0.4, 0.5) is 4.79 Å². The molecule has 0 unspecified atom stereocenters. The monoisotopic (exact) mass is 437 g/mol. The summed E-state index contributed by atoms with van der Waals surface area (Å²) in [4.78, 5) is 31.1. The number of thioether (sulfide) groups is 2. The molecule has 30 heavy (non-hydrogen) atoms. The van der Waals surface area contributed by atoms with E-state index in [0.29, 0.717) is 11.4 Å². The van der Waals surface area contributed by atoms with E-state index in [2.05, 4.69) is 27.6 Å². The first-order valence-corrected chi connectivity index (χ1v) is 11.9. The SMILES string of the molecule is O=C1SC(=CCCc2ccccc2)C(=O)N1CCCCSc1cccc2nccn12. The predicted octanol–water partition coefficient (Wildman–Crippen LogP) is 5.42. The molecule has 154 valence electrons. The highest BCUT2D eigenvalue weighted by molar-refractivity contribution is 8.18. The summed E-state index contributed by atoms with van der Waals surface area (Å²) in [7, 11) is 0. The number of hydrogen-bond donors (Lipinski definition) is 0. The Morgan fingerprint density at radius 3 is 2.77 bits per heavy atom. The largest absolute Gasteiger partial charge is 0.294 e. The topological polar surface area (TPSA) is 54.7 Å². The summed E-state index contributed by atoms with van der Waals surface area (Å²) in [5, 5.41) is 0.999. The summed E-state index contributed by atoms with van der Waals surface area (Å²) in [6.07, 6.45) is 9.03. The Balaban J connectivity index is 1.22. The fourth-order valence-electron chi connectivity index (χ4n) is 3.33. The van der Waals surface area contributed by atoms with Crippen molar-refractivity contribution >= 4 is 40.3 Å². The number of nitrogens with zero attached hydrogens (tertiary/aromatic N) is 3. The molecule has 0 bridgehead atoms. The van der Waals surface area contributed by atoms with E-state index in [1.807, 2.05) is 42.6 Å². The number of carbonyl (C=O) groups is 2. The van der Waals surface area contributed by atoms with Crippen LogP contribution in [0.15, 0.2) is 76.9 Å². The van der Waals surface area contributed by atoms with Gasteiger partial charge in [0.05, 0.1) is 9.93 Å². The summed E-state index contributed by atoms with van der Waals surface area (Å²) in [5.41, 5.74) is 2.17. The van der Waals surface area contributed by atoms with E-state index in [9.17, 15) is 9.59 Å². The number of unbranched alkanes of at least 4 members (excludes halogenated alkanes) is 1. The van der Waals surface area contributed by atoms with Crippen LogP contribution in [-0.4, -0.2) is 37.7 Å². The lowest BCUT2D eigenvalue weighted by molar-refractivity contribution is -0.122. The zero-order valence-corrected chi connectivity index (χ0v) is 18.2. The molecule has 1 aromatic carbocycles. The Morgan fingerprint density at radius 1 is 1.03 bits per heavy atom. The minimum Gasteiger partial charge on any atom is -0.294 e. The minimum absolute atomic E-state index is 0.145. The maximum absolute atomic E-state index is 12.6. The number of fused-ring (bicyclic) bond motifs is 1. The summed E-state index contributed by atoms with van der Waals surface area (Å²) >= 11 is 2.83. The summed E-state index contributed by atoms with van der Waals surface area (Å²) in [5.74, 6) is 0.786. The number of aromatic nitrogens is 2. The molecule has 0 spiro atoms. The lowest BCUT2D eigenvalue weighted by Gasteiger charge is -2.12. The number of rotatable bonds is 9. The first-order valence-electron chi connectivity index (χ1n) is 10.0. The molecule has 1 fully saturated rings. The Hall–Kier alpha value is -2.51. The Morgan fingerprint density at radius 2 is 1.90 bits per heavy atom. The van der Waals surface area contributed by atoms with Crippen molar-refractivity contribution in [2.45, 2.75) is 30.7 Å². The van der Waals surface area contributed by atoms with Crippen molar-refractivity contribution in [3.05, 3.63) is 77.5 Å². The van der Waals surface area contributed by atoms with E-state index < -0.39 is 0 Å². The van der Waals surface area contributed by atoms with Crippen molar-refractivity contribution in [2.24, 2.45) is 0 Å². The van der Waals surface area contributed by atoms with Gasteiger partial charge in [-0.25, -0.2) is 4.98 Å². The number of carbonyl (C=O) groups excluding carboxylic acids is 2. The summed E-state index contributed by atoms with van der Waals surface area (Å²) in [6, 6.07) is 16.2. The molecule has 5 nitrogen and oxygen atoms in total. The van der Waals surface area contributed by atoms with Gasteiger partial charge in [-0.1, -0.05) is 42.5 Å². The van der Waals surface area contributed by atoms with Crippen LogP contribution >= 0.6 is 23.5 Å². The molecule has 0 N–H and O–H groups in total. The van der Waals surface area contributed by atoms with Gasteiger partial charge in [-0.3, -0.25) is 18.9 Å². The third kappa shape index (κ3) is 4.96. The number of pyridine rings is 1. The number of imidazole rings is 1. The lowest BCUT2D eigenvalue weighted by atomic mass is 10.1. The van der Waals surface area contributed by atoms with Crippen LogP contribution in [0.5, 0.6) is 0 Å². The van der Waals surface area contributed by atoms with Crippen LogP contribution in [0, 0.1) is 0 Å². The Labute approximate surface area is 184 Å². The third-order valence-electron chi connectivity index (χ3n) is 4.90. The molecule has 2 amide bonds. The minimum atomic E-state index is -0.151. The van der Waals surface area contributed by atoms with Crippen LogP contribution in [0.1, 0.15) is 24.8 Å². The van der Waals surface area contributed by atoms with Gasteiger partial charge >= 0.3 is 0 Å². The van der Waals surface area contributed by atoms with Gasteiger partial charge in [0.2, 0.25) is 0 Å². The molecule has 0 radical (unpaired) electrons. The molecule has 0 atom stereocenters. The molecule has 7 heteroatoms. The van der Waals surface area contributed by atoms with Crippen molar-refractivity contribution in [3.63, 3.8) is 0 Å². The maximum Gasteiger partial charge on any atom is 0.293 e. The lowest BCUT2D eigenvalue weighted by Crippen LogP contribution is -2.29. The molecule has 4 rings (SSSR count). The van der Waals surface area contributed by atoms with E-state index in [1.54, 1.807) is 18.0 Å². The van der Waals surface area contributed by atoms with Crippen molar-refractivity contribution in [2.75, 3.05) is 12.3 Å². The molecular formula is C23H23N3O2S2. The molecule has 0 saturated carbocycles. The maximum atomic E-state index is 12.6. The summed E-state index contributed by atoms with van der Waals surface area (Å²) < 4.78 is 2.07. The molecule has 1 saturated heterocycles. The number of amides is 2. The van der Waals surface area contributed by atoms with Gasteiger partial charge in [0.15, 0.2) is 0 Å². The first kappa shape index (κ1) is 20.8. The molecule has 3 aromatic rings. The van der Waals surface area contributed by atoms with Gasteiger partial charge in [-0.2, -0.15) is 0 Å². The van der Waals surface area contributed by atoms with Gasteiger partial charge in [0.1, 0.15) is 5.65 Å². The molecule has 2 aromatic heterocycles. The van der Waals surface area contributed by atoms with Crippen molar-refractivity contribution < 1.29 is 9.59 Å². The van der Waals surface area contributed by atoms with Gasteiger partial charge in [-0.05, 0) is 60.9 Å². The van der Waals surface area contributed by atoms with E-state index in [0.717, 1.165) is 53.9 Å². The fourth-order valence-corrected chi connectivity index (χ4v) is 5.23. The third-order valence-corrected chi connectivity index (χ3v) is 6.97. The quantitative estimate of drug-likeness (QED) is 0.254. The van der Waals surface area contributed by atoms with Crippen LogP contribution in [0.3, 0.4) is 0 Å². The second-order valence-electron chi connectivity index (χ2n) is 6.99. The van der Waals surface area contributed by atoms with Crippen LogP contribution < -0.4 is 0 Å². The van der Waals surface area contributed by atoms with Gasteiger partial charge in [0, 0.05) is 18.9 Å². The number of benzene rings is 1. The molecule has 1 aliphatic rings. The van der Waals surface area contributed by atoms with E-state index in [-0.39, 0.29) is 11.1 Å². The Bertz CT molecular complexity index is 1060. The van der Waals surface area contributed by atoms with Crippen molar-refractivity contribution in [3.8, 4) is 0 Å². The number of allylic oxidation sites excluding steroid dienone is 1. The molecule has 1 aliphatic heterocycles. The smallest absolute Gasteiger partial charge is 0.293 e. The van der Waals surface area contributed by atoms with Crippen LogP contribution in [0.25, 0.3) is 5.65 Å². The molecular weight excluding hydrogens is 414 g/mol. The zero-order chi connectivity index (χ0) is 20.8. The highest BCUT2D eigenvalue weighted by Crippen LogP contribution is 2.31. The average Bonchev–Trinajstić information content (AvgIpc) is 3.34. The first-order chi connectivity index (χ1) is 14.7. The van der Waals surface area contributed by atoms with E-state index in [1.165, 1.54) is 10.5 Å². The molecule has 3 heterocycles. The second kappa shape index (κ2) is 10.00. The highest BCUT2D eigenvalue weighted by atomic mass is 32.2. The summed E-state index contributed by atoms with van der Waals surface area (Å²) in [6.45, 7) is 0.483. The molecule has 0 aliphatic carbocycles. The number of hydrogen-bond acceptors (Lipinski definition) is 5. The van der Waals surface area contributed by atoms with E-state index in [4.69, 9.17) is 0 Å². The zero-order valence-electron chi connectivity index (χ0n) is 16.6. The van der Waals surface area contributed by atoms with Crippen LogP contribution in [-0.2, 0) is 11.2 Å². The standard InChI is InChI=1S/C23H23N3O2S2/c27-22-19(11-6-10-18-8-2-1-3-9-18)30-23(28)26(22)15-4-5-17-29-21-13-7-12-20-24-14-16-25(20)21/h1-3,7-9,11-14,16H,4-6,10,15,17H2. The van der Waals surface area contributed by atoms with Gasteiger partial charge in [-0.15, -0.1) is 11.8 Å². The van der Waals surface area contributed by atoms with Gasteiger partial charge in [0.25, 0.3) is 11.1 Å². The number of imide groups is 1. The fraction of sp³-hybridized carbons (Fsp3) is 0.261. The normalized spacial score (nSPS) is 15.6. The highest BCUT2D eigenvalue weighted by Gasteiger charge is 2.34. The van der Waals surface area contributed by atoms with Crippen LogP contribution in [0.2, 0.25) is 0 Å². The number of aryl methyl sites for hydroxylation is 1. The van der Waals surface area contributed by atoms with Crippen molar-refractivity contribution in [1.29, 1.82) is 0 Å². The Kier molecular flexibility index (Phi) is 6.92. The predicted molar refractivity (Wildman–Crippen MR) is 123 cm³/mol. The van der Waals surface area contributed by atoms with Crippen molar-refractivity contribution in [1.82, 2.24) is 14.3 Å². The average molecular weight is 438 g/mol.